The van der Waals surface area contributed by atoms with E-state index in [9.17, 15) is 0 Å². The lowest BCUT2D eigenvalue weighted by Crippen LogP contribution is -1.99. The molecule has 3 aromatic rings. The van der Waals surface area contributed by atoms with Crippen molar-refractivity contribution < 1.29 is 14.2 Å². The summed E-state index contributed by atoms with van der Waals surface area (Å²) in [6.45, 7) is 0. The lowest BCUT2D eigenvalue weighted by molar-refractivity contribution is 0.324. The van der Waals surface area contributed by atoms with Crippen LogP contribution in [0, 0.1) is 0 Å². The number of anilines is 1. The number of hydrogen-bond donors (Lipinski definition) is 1. The van der Waals surface area contributed by atoms with Crippen LogP contribution in [0.2, 0.25) is 0 Å². The molecule has 3 rings (SSSR count). The molecule has 0 aliphatic carbocycles. The molecule has 2 aromatic carbocycles. The van der Waals surface area contributed by atoms with Crippen molar-refractivity contribution in [1.29, 1.82) is 0 Å². The van der Waals surface area contributed by atoms with Crippen molar-refractivity contribution in [3.05, 3.63) is 48.2 Å². The minimum absolute atomic E-state index is 0.569. The van der Waals surface area contributed by atoms with Crippen LogP contribution in [0.4, 0.5) is 5.82 Å². The molecule has 0 fully saturated rings. The number of methoxy groups -OCH3 is 3. The summed E-state index contributed by atoms with van der Waals surface area (Å²) in [5.41, 5.74) is 3.93. The van der Waals surface area contributed by atoms with Crippen LogP contribution < -0.4 is 19.6 Å². The quantitative estimate of drug-likeness (QED) is 0.519. The Kier molecular flexibility index (Phi) is 5.48. The molecule has 0 radical (unpaired) electrons. The van der Waals surface area contributed by atoms with Crippen molar-refractivity contribution in [3.63, 3.8) is 0 Å². The second-order valence-corrected chi connectivity index (χ2v) is 5.44. The van der Waals surface area contributed by atoms with Crippen LogP contribution >= 0.6 is 0 Å². The van der Waals surface area contributed by atoms with Gasteiger partial charge in [0.25, 0.3) is 0 Å². The molecule has 0 aliphatic rings. The average Bonchev–Trinajstić information content (AvgIpc) is 2.70. The highest BCUT2D eigenvalue weighted by Gasteiger charge is 2.12. The molecule has 7 nitrogen and oxygen atoms in total. The molecule has 1 N–H and O–H groups in total. The molecule has 0 saturated heterocycles. The fraction of sp³-hybridized carbons (Fsp3) is 0.211. The standard InChI is InChI=1S/C19H20N4O3/c1-24-16-10-13(11-17(25-2)18(16)26-3)8-9-20-22-19-15-7-5-4-6-14(15)12-21-23-19/h4-7,9-12H,8H2,1-3H3,(H,22,23)/b20-9+. The first-order valence-corrected chi connectivity index (χ1v) is 8.03. The first kappa shape index (κ1) is 17.5. The number of hydrogen-bond acceptors (Lipinski definition) is 7. The van der Waals surface area contributed by atoms with Crippen molar-refractivity contribution in [3.8, 4) is 17.2 Å². The van der Waals surface area contributed by atoms with Crippen molar-refractivity contribution in [1.82, 2.24) is 10.2 Å². The summed E-state index contributed by atoms with van der Waals surface area (Å²) >= 11 is 0. The largest absolute Gasteiger partial charge is 0.493 e. The van der Waals surface area contributed by atoms with Crippen LogP contribution in [0.1, 0.15) is 5.56 Å². The van der Waals surface area contributed by atoms with Gasteiger partial charge in [0, 0.05) is 23.4 Å². The molecular weight excluding hydrogens is 332 g/mol. The van der Waals surface area contributed by atoms with Gasteiger partial charge in [-0.15, -0.1) is 5.10 Å². The van der Waals surface area contributed by atoms with Gasteiger partial charge < -0.3 is 14.2 Å². The van der Waals surface area contributed by atoms with Gasteiger partial charge in [-0.1, -0.05) is 24.3 Å². The van der Waals surface area contributed by atoms with Crippen LogP contribution in [0.5, 0.6) is 17.2 Å². The van der Waals surface area contributed by atoms with Crippen molar-refractivity contribution in [2.75, 3.05) is 26.8 Å². The van der Waals surface area contributed by atoms with Gasteiger partial charge in [-0.25, -0.2) is 0 Å². The molecule has 0 unspecified atom stereocenters. The summed E-state index contributed by atoms with van der Waals surface area (Å²) in [6.07, 6.45) is 4.06. The minimum Gasteiger partial charge on any atom is -0.493 e. The van der Waals surface area contributed by atoms with E-state index in [1.54, 1.807) is 33.7 Å². The van der Waals surface area contributed by atoms with Gasteiger partial charge in [0.05, 0.1) is 27.5 Å². The summed E-state index contributed by atoms with van der Waals surface area (Å²) in [4.78, 5) is 0. The number of aromatic nitrogens is 2. The maximum absolute atomic E-state index is 5.36. The van der Waals surface area contributed by atoms with Crippen molar-refractivity contribution in [2.24, 2.45) is 5.10 Å². The van der Waals surface area contributed by atoms with Gasteiger partial charge >= 0.3 is 0 Å². The topological polar surface area (TPSA) is 77.9 Å². The van der Waals surface area contributed by atoms with E-state index in [0.29, 0.717) is 29.5 Å². The smallest absolute Gasteiger partial charge is 0.203 e. The zero-order valence-electron chi connectivity index (χ0n) is 14.9. The molecule has 0 aliphatic heterocycles. The third-order valence-electron chi connectivity index (χ3n) is 3.88. The lowest BCUT2D eigenvalue weighted by atomic mass is 10.1. The zero-order chi connectivity index (χ0) is 18.4. The summed E-state index contributed by atoms with van der Waals surface area (Å²) < 4.78 is 16.0. The molecule has 0 atom stereocenters. The number of ether oxygens (including phenoxy) is 3. The van der Waals surface area contributed by atoms with Crippen LogP contribution in [-0.2, 0) is 6.42 Å². The Morgan fingerprint density at radius 1 is 1.04 bits per heavy atom. The molecule has 134 valence electrons. The number of rotatable bonds is 7. The van der Waals surface area contributed by atoms with Gasteiger partial charge in [0.2, 0.25) is 5.75 Å². The lowest BCUT2D eigenvalue weighted by Gasteiger charge is -2.13. The van der Waals surface area contributed by atoms with E-state index in [-0.39, 0.29) is 0 Å². The summed E-state index contributed by atoms with van der Waals surface area (Å²) in [6, 6.07) is 11.7. The first-order chi connectivity index (χ1) is 12.8. The molecular formula is C19H20N4O3. The van der Waals surface area contributed by atoms with Gasteiger partial charge in [0.15, 0.2) is 17.3 Å². The van der Waals surface area contributed by atoms with Crippen LogP contribution in [-0.4, -0.2) is 37.7 Å². The number of nitrogens with one attached hydrogen (secondary N) is 1. The average molecular weight is 352 g/mol. The minimum atomic E-state index is 0.569. The Labute approximate surface area is 151 Å². The number of fused-ring (bicyclic) bond motifs is 1. The van der Waals surface area contributed by atoms with Crippen molar-refractivity contribution >= 4 is 22.8 Å². The van der Waals surface area contributed by atoms with E-state index >= 15 is 0 Å². The maximum atomic E-state index is 5.36. The van der Waals surface area contributed by atoms with E-state index in [0.717, 1.165) is 16.3 Å². The zero-order valence-corrected chi connectivity index (χ0v) is 14.9. The summed E-state index contributed by atoms with van der Waals surface area (Å²) in [7, 11) is 4.77. The molecule has 7 heteroatoms. The monoisotopic (exact) mass is 352 g/mol. The number of benzene rings is 2. The molecule has 0 bridgehead atoms. The van der Waals surface area contributed by atoms with E-state index in [2.05, 4.69) is 20.7 Å². The Hall–Kier alpha value is -3.35. The highest BCUT2D eigenvalue weighted by molar-refractivity contribution is 5.90. The van der Waals surface area contributed by atoms with Crippen molar-refractivity contribution in [2.45, 2.75) is 6.42 Å². The molecule has 0 amide bonds. The van der Waals surface area contributed by atoms with E-state index in [4.69, 9.17) is 14.2 Å². The predicted molar refractivity (Wildman–Crippen MR) is 101 cm³/mol. The van der Waals surface area contributed by atoms with E-state index in [1.807, 2.05) is 36.4 Å². The van der Waals surface area contributed by atoms with Crippen LogP contribution in [0.25, 0.3) is 10.8 Å². The van der Waals surface area contributed by atoms with Gasteiger partial charge in [-0.3, -0.25) is 5.43 Å². The first-order valence-electron chi connectivity index (χ1n) is 8.03. The third-order valence-corrected chi connectivity index (χ3v) is 3.88. The van der Waals surface area contributed by atoms with Gasteiger partial charge in [-0.2, -0.15) is 10.2 Å². The normalized spacial score (nSPS) is 10.9. The SMILES string of the molecule is COc1cc(C/C=N/Nc2nncc3ccccc23)cc(OC)c1OC. The number of nitrogens with zero attached hydrogens (tertiary/aromatic N) is 3. The predicted octanol–water partition coefficient (Wildman–Crippen LogP) is 3.30. The molecule has 1 aromatic heterocycles. The molecule has 0 spiro atoms. The molecule has 0 saturated carbocycles. The summed E-state index contributed by atoms with van der Waals surface area (Å²) in [5.74, 6) is 2.41. The fourth-order valence-electron chi connectivity index (χ4n) is 2.62. The third kappa shape index (κ3) is 3.66. The van der Waals surface area contributed by atoms with Gasteiger partial charge in [-0.05, 0) is 17.7 Å². The highest BCUT2D eigenvalue weighted by Crippen LogP contribution is 2.38. The number of hydrazone groups is 1. The van der Waals surface area contributed by atoms with E-state index in [1.165, 1.54) is 0 Å². The Bertz CT molecular complexity index is 897. The van der Waals surface area contributed by atoms with Crippen LogP contribution in [0.3, 0.4) is 0 Å². The fourth-order valence-corrected chi connectivity index (χ4v) is 2.62. The Balaban J connectivity index is 1.74. The van der Waals surface area contributed by atoms with Gasteiger partial charge in [0.1, 0.15) is 0 Å². The second kappa shape index (κ2) is 8.15. The second-order valence-electron chi connectivity index (χ2n) is 5.44. The molecule has 26 heavy (non-hydrogen) atoms. The summed E-state index contributed by atoms with van der Waals surface area (Å²) in [5, 5.41) is 14.3. The van der Waals surface area contributed by atoms with Crippen LogP contribution in [0.15, 0.2) is 47.7 Å². The Morgan fingerprint density at radius 2 is 1.77 bits per heavy atom. The Morgan fingerprint density at radius 3 is 2.46 bits per heavy atom. The van der Waals surface area contributed by atoms with E-state index < -0.39 is 0 Å². The highest BCUT2D eigenvalue weighted by atomic mass is 16.5. The maximum Gasteiger partial charge on any atom is 0.203 e. The molecule has 1 heterocycles.